The van der Waals surface area contributed by atoms with Crippen molar-refractivity contribution in [3.8, 4) is 0 Å². The molecular formula is C12H22O7P+. The minimum Gasteiger partial charge on any atom is -0.433 e. The van der Waals surface area contributed by atoms with E-state index in [4.69, 9.17) is 9.47 Å². The molecule has 0 aliphatic rings. The van der Waals surface area contributed by atoms with E-state index in [9.17, 15) is 14.2 Å². The molecule has 0 aromatic rings. The highest BCUT2D eigenvalue weighted by Crippen LogP contribution is 2.25. The average Bonchev–Trinajstić information content (AvgIpc) is 2.26. The predicted molar refractivity (Wildman–Crippen MR) is 70.6 cm³/mol. The lowest BCUT2D eigenvalue weighted by Gasteiger charge is -2.15. The fraction of sp³-hybridized carbons (Fsp3) is 0.833. The molecule has 0 bridgehead atoms. The minimum atomic E-state index is -2.52. The van der Waals surface area contributed by atoms with Crippen LogP contribution in [-0.4, -0.2) is 25.5 Å². The van der Waals surface area contributed by atoms with E-state index < -0.39 is 44.6 Å². The van der Waals surface area contributed by atoms with Crippen LogP contribution in [0.3, 0.4) is 0 Å². The summed E-state index contributed by atoms with van der Waals surface area (Å²) in [6, 6.07) is 0. The fourth-order valence-corrected chi connectivity index (χ4v) is 1.07. The molecule has 0 N–H and O–H groups in total. The number of esters is 2. The molecule has 20 heavy (non-hydrogen) atoms. The summed E-state index contributed by atoms with van der Waals surface area (Å²) in [6.07, 6.45) is 0. The van der Waals surface area contributed by atoms with Crippen molar-refractivity contribution >= 4 is 20.2 Å². The highest BCUT2D eigenvalue weighted by atomic mass is 31.1. The van der Waals surface area contributed by atoms with E-state index in [0.717, 1.165) is 0 Å². The summed E-state index contributed by atoms with van der Waals surface area (Å²) < 4.78 is 29.9. The highest BCUT2D eigenvalue weighted by molar-refractivity contribution is 7.33. The third-order valence-electron chi connectivity index (χ3n) is 1.92. The smallest absolute Gasteiger partial charge is 0.433 e. The van der Waals surface area contributed by atoms with Gasteiger partial charge in [0.05, 0.1) is 10.8 Å². The van der Waals surface area contributed by atoms with Crippen LogP contribution in [-0.2, 0) is 32.7 Å². The molecule has 0 saturated carbocycles. The van der Waals surface area contributed by atoms with Crippen LogP contribution in [0, 0.1) is 10.8 Å². The molecule has 0 unspecified atom stereocenters. The van der Waals surface area contributed by atoms with Gasteiger partial charge in [0.2, 0.25) is 13.6 Å². The van der Waals surface area contributed by atoms with E-state index in [2.05, 4.69) is 9.05 Å². The second kappa shape index (κ2) is 7.67. The molecule has 0 aliphatic heterocycles. The lowest BCUT2D eigenvalue weighted by Crippen LogP contribution is -2.24. The van der Waals surface area contributed by atoms with Gasteiger partial charge in [-0.3, -0.25) is 9.59 Å². The first-order chi connectivity index (χ1) is 8.94. The molecule has 7 nitrogen and oxygen atoms in total. The zero-order valence-electron chi connectivity index (χ0n) is 12.7. The normalized spacial score (nSPS) is 11.9. The number of hydrogen-bond donors (Lipinski definition) is 0. The molecule has 0 amide bonds. The third kappa shape index (κ3) is 8.19. The first kappa shape index (κ1) is 19.0. The van der Waals surface area contributed by atoms with Gasteiger partial charge in [-0.15, -0.1) is 0 Å². The Morgan fingerprint density at radius 2 is 1.10 bits per heavy atom. The van der Waals surface area contributed by atoms with E-state index in [1.54, 1.807) is 41.5 Å². The van der Waals surface area contributed by atoms with E-state index in [1.165, 1.54) is 0 Å². The molecule has 0 atom stereocenters. The second-order valence-corrected chi connectivity index (χ2v) is 7.04. The van der Waals surface area contributed by atoms with Gasteiger partial charge in [-0.1, -0.05) is 9.05 Å². The molecule has 0 aromatic heterocycles. The molecule has 116 valence electrons. The Morgan fingerprint density at radius 3 is 1.35 bits per heavy atom. The molecule has 0 spiro atoms. The van der Waals surface area contributed by atoms with Crippen LogP contribution in [0.15, 0.2) is 0 Å². The van der Waals surface area contributed by atoms with Crippen LogP contribution in [0.2, 0.25) is 0 Å². The van der Waals surface area contributed by atoms with Gasteiger partial charge in [0.15, 0.2) is 0 Å². The SMILES string of the molecule is CC(C)(C)C(=O)OCO[P+](=O)OCOC(=O)C(C)(C)C. The van der Waals surface area contributed by atoms with Gasteiger partial charge in [-0.25, -0.2) is 0 Å². The Labute approximate surface area is 119 Å². The average molecular weight is 309 g/mol. The first-order valence-corrected chi connectivity index (χ1v) is 7.11. The zero-order chi connectivity index (χ0) is 16.0. The Hall–Kier alpha value is -1.04. The van der Waals surface area contributed by atoms with Crippen LogP contribution < -0.4 is 0 Å². The van der Waals surface area contributed by atoms with Crippen molar-refractivity contribution in [3.05, 3.63) is 0 Å². The summed E-state index contributed by atoms with van der Waals surface area (Å²) in [6.45, 7) is 9.10. The maximum absolute atomic E-state index is 11.4. The van der Waals surface area contributed by atoms with Crippen molar-refractivity contribution < 1.29 is 32.7 Å². The number of ether oxygens (including phenoxy) is 2. The molecule has 0 heterocycles. The highest BCUT2D eigenvalue weighted by Gasteiger charge is 2.28. The summed E-state index contributed by atoms with van der Waals surface area (Å²) in [7, 11) is -2.52. The number of carbonyl (C=O) groups excluding carboxylic acids is 2. The molecule has 0 saturated heterocycles. The molecule has 0 fully saturated rings. The van der Waals surface area contributed by atoms with Gasteiger partial charge >= 0.3 is 20.2 Å². The summed E-state index contributed by atoms with van der Waals surface area (Å²) >= 11 is 0. The second-order valence-electron chi connectivity index (χ2n) is 6.08. The Kier molecular flexibility index (Phi) is 7.27. The zero-order valence-corrected chi connectivity index (χ0v) is 13.6. The molecule has 0 rings (SSSR count). The van der Waals surface area contributed by atoms with Crippen molar-refractivity contribution in [2.75, 3.05) is 13.6 Å². The number of rotatable bonds is 6. The lowest BCUT2D eigenvalue weighted by atomic mass is 9.98. The maximum Gasteiger partial charge on any atom is 0.704 e. The first-order valence-electron chi connectivity index (χ1n) is 6.02. The topological polar surface area (TPSA) is 88.1 Å². The van der Waals surface area contributed by atoms with E-state index in [0.29, 0.717) is 0 Å². The van der Waals surface area contributed by atoms with Crippen molar-refractivity contribution in [1.29, 1.82) is 0 Å². The summed E-state index contributed by atoms with van der Waals surface area (Å²) in [5, 5.41) is 0. The molecule has 8 heteroatoms. The van der Waals surface area contributed by atoms with Gasteiger partial charge in [-0.2, -0.15) is 0 Å². The van der Waals surface area contributed by atoms with E-state index in [1.807, 2.05) is 0 Å². The Bertz CT molecular complexity index is 331. The van der Waals surface area contributed by atoms with Crippen molar-refractivity contribution in [1.82, 2.24) is 0 Å². The van der Waals surface area contributed by atoms with Crippen molar-refractivity contribution in [2.24, 2.45) is 10.8 Å². The van der Waals surface area contributed by atoms with Gasteiger partial charge in [0.1, 0.15) is 0 Å². The third-order valence-corrected chi connectivity index (χ3v) is 2.55. The molecule has 0 radical (unpaired) electrons. The summed E-state index contributed by atoms with van der Waals surface area (Å²) in [5.41, 5.74) is -1.34. The summed E-state index contributed by atoms with van der Waals surface area (Å²) in [4.78, 5) is 22.7. The van der Waals surface area contributed by atoms with Crippen molar-refractivity contribution in [2.45, 2.75) is 41.5 Å². The molecule has 0 aromatic carbocycles. The van der Waals surface area contributed by atoms with Crippen LogP contribution >= 0.6 is 8.25 Å². The quantitative estimate of drug-likeness (QED) is 0.423. The van der Waals surface area contributed by atoms with Gasteiger partial charge in [-0.05, 0) is 41.5 Å². The van der Waals surface area contributed by atoms with Crippen LogP contribution in [0.25, 0.3) is 0 Å². The monoisotopic (exact) mass is 309 g/mol. The summed E-state index contributed by atoms with van der Waals surface area (Å²) in [5.74, 6) is -0.972. The van der Waals surface area contributed by atoms with E-state index in [-0.39, 0.29) is 0 Å². The molecule has 0 aliphatic carbocycles. The van der Waals surface area contributed by atoms with Gasteiger partial charge < -0.3 is 9.47 Å². The van der Waals surface area contributed by atoms with Crippen LogP contribution in [0.4, 0.5) is 0 Å². The van der Waals surface area contributed by atoms with Gasteiger partial charge in [0, 0.05) is 4.57 Å². The maximum atomic E-state index is 11.4. The van der Waals surface area contributed by atoms with Crippen LogP contribution in [0.1, 0.15) is 41.5 Å². The number of carbonyl (C=O) groups is 2. The number of hydrogen-bond acceptors (Lipinski definition) is 7. The largest absolute Gasteiger partial charge is 0.704 e. The standard InChI is InChI=1S/C12H22O7P/c1-11(2,3)9(13)16-7-18-20(15)19-8-17-10(14)12(4,5)6/h7-8H2,1-6H3/q+1. The fourth-order valence-electron chi connectivity index (χ4n) is 0.716. The predicted octanol–water partition coefficient (Wildman–Crippen LogP) is 2.77. The Morgan fingerprint density at radius 1 is 0.800 bits per heavy atom. The van der Waals surface area contributed by atoms with Crippen molar-refractivity contribution in [3.63, 3.8) is 0 Å². The Balaban J connectivity index is 3.82. The molecular weight excluding hydrogens is 287 g/mol. The van der Waals surface area contributed by atoms with E-state index >= 15 is 0 Å². The minimum absolute atomic E-state index is 0.486. The van der Waals surface area contributed by atoms with Gasteiger partial charge in [0.25, 0.3) is 0 Å². The lowest BCUT2D eigenvalue weighted by molar-refractivity contribution is -0.161. The van der Waals surface area contributed by atoms with Crippen LogP contribution in [0.5, 0.6) is 0 Å².